The van der Waals surface area contributed by atoms with Crippen LogP contribution in [0.5, 0.6) is 0 Å². The fourth-order valence-electron chi connectivity index (χ4n) is 1.39. The van der Waals surface area contributed by atoms with E-state index in [1.54, 1.807) is 12.4 Å². The van der Waals surface area contributed by atoms with E-state index in [9.17, 15) is 4.79 Å². The predicted octanol–water partition coefficient (Wildman–Crippen LogP) is 1.21. The second-order valence-electron chi connectivity index (χ2n) is 3.13. The van der Waals surface area contributed by atoms with Crippen LogP contribution in [0.4, 0.5) is 5.69 Å². The summed E-state index contributed by atoms with van der Waals surface area (Å²) in [4.78, 5) is 15.2. The first-order valence-electron chi connectivity index (χ1n) is 4.01. The Bertz CT molecular complexity index is 322. The largest absolute Gasteiger partial charge is 0.324 e. The molecule has 12 heavy (non-hydrogen) atoms. The van der Waals surface area contributed by atoms with Crippen LogP contribution in [0.3, 0.4) is 0 Å². The van der Waals surface area contributed by atoms with E-state index in [1.165, 1.54) is 5.56 Å². The average molecular weight is 162 g/mol. The van der Waals surface area contributed by atoms with Crippen LogP contribution in [-0.2, 0) is 11.2 Å². The number of carbonyl (C=O) groups is 1. The minimum absolute atomic E-state index is 0.0832. The molecule has 3 heteroatoms. The molecule has 0 saturated carbocycles. The third kappa shape index (κ3) is 1.07. The van der Waals surface area contributed by atoms with Crippen molar-refractivity contribution in [1.29, 1.82) is 0 Å². The molecule has 1 aliphatic heterocycles. The van der Waals surface area contributed by atoms with E-state index < -0.39 is 0 Å². The molecule has 62 valence electrons. The molecule has 1 N–H and O–H groups in total. The number of rotatable bonds is 0. The summed E-state index contributed by atoms with van der Waals surface area (Å²) in [6, 6.07) is 1.95. The van der Waals surface area contributed by atoms with E-state index in [0.717, 1.165) is 12.1 Å². The second kappa shape index (κ2) is 2.59. The Hall–Kier alpha value is -1.38. The molecule has 0 aromatic carbocycles. The molecule has 0 fully saturated rings. The van der Waals surface area contributed by atoms with Gasteiger partial charge in [-0.2, -0.15) is 0 Å². The van der Waals surface area contributed by atoms with E-state index in [0.29, 0.717) is 0 Å². The minimum Gasteiger partial charge on any atom is -0.324 e. The maximum Gasteiger partial charge on any atom is 0.227 e. The number of pyridine rings is 1. The first kappa shape index (κ1) is 7.28. The lowest BCUT2D eigenvalue weighted by Gasteiger charge is -2.20. The molecular weight excluding hydrogens is 152 g/mol. The van der Waals surface area contributed by atoms with Crippen molar-refractivity contribution in [2.24, 2.45) is 5.92 Å². The lowest BCUT2D eigenvalue weighted by molar-refractivity contribution is -0.119. The molecule has 1 atom stereocenters. The van der Waals surface area contributed by atoms with Gasteiger partial charge in [0.15, 0.2) is 0 Å². The lowest BCUT2D eigenvalue weighted by atomic mass is 9.96. The lowest BCUT2D eigenvalue weighted by Crippen LogP contribution is -2.27. The van der Waals surface area contributed by atoms with Crippen molar-refractivity contribution in [3.05, 3.63) is 24.0 Å². The highest BCUT2D eigenvalue weighted by Gasteiger charge is 2.21. The number of amides is 1. The van der Waals surface area contributed by atoms with Gasteiger partial charge in [-0.05, 0) is 18.1 Å². The number of hydrogen-bond donors (Lipinski definition) is 1. The van der Waals surface area contributed by atoms with Crippen molar-refractivity contribution in [2.75, 3.05) is 5.32 Å². The summed E-state index contributed by atoms with van der Waals surface area (Å²) in [7, 11) is 0. The molecular formula is C9H10N2O. The van der Waals surface area contributed by atoms with Crippen molar-refractivity contribution < 1.29 is 4.79 Å². The number of nitrogens with one attached hydrogen (secondary N) is 1. The van der Waals surface area contributed by atoms with Crippen LogP contribution in [0.2, 0.25) is 0 Å². The number of aromatic nitrogens is 1. The molecule has 0 bridgehead atoms. The minimum atomic E-state index is 0.0832. The van der Waals surface area contributed by atoms with Crippen LogP contribution >= 0.6 is 0 Å². The molecule has 1 aliphatic rings. The van der Waals surface area contributed by atoms with Gasteiger partial charge in [0, 0.05) is 12.1 Å². The molecule has 1 unspecified atom stereocenters. The number of anilines is 1. The molecule has 2 heterocycles. The van der Waals surface area contributed by atoms with Crippen molar-refractivity contribution in [1.82, 2.24) is 4.98 Å². The van der Waals surface area contributed by atoms with Gasteiger partial charge < -0.3 is 5.32 Å². The Kier molecular flexibility index (Phi) is 1.57. The maximum atomic E-state index is 11.2. The van der Waals surface area contributed by atoms with Gasteiger partial charge in [-0.15, -0.1) is 0 Å². The quantitative estimate of drug-likeness (QED) is 0.623. The van der Waals surface area contributed by atoms with Crippen LogP contribution in [0.15, 0.2) is 18.5 Å². The van der Waals surface area contributed by atoms with Gasteiger partial charge >= 0.3 is 0 Å². The molecule has 0 radical (unpaired) electrons. The smallest absolute Gasteiger partial charge is 0.227 e. The number of hydrogen-bond acceptors (Lipinski definition) is 2. The Morgan fingerprint density at radius 1 is 1.67 bits per heavy atom. The predicted molar refractivity (Wildman–Crippen MR) is 45.7 cm³/mol. The molecule has 1 amide bonds. The summed E-state index contributed by atoms with van der Waals surface area (Å²) in [5, 5.41) is 2.81. The first-order valence-corrected chi connectivity index (χ1v) is 4.01. The Labute approximate surface area is 70.8 Å². The van der Waals surface area contributed by atoms with Gasteiger partial charge in [0.25, 0.3) is 0 Å². The van der Waals surface area contributed by atoms with Gasteiger partial charge in [-0.3, -0.25) is 9.78 Å². The normalized spacial score (nSPS) is 21.4. The van der Waals surface area contributed by atoms with Crippen molar-refractivity contribution in [3.63, 3.8) is 0 Å². The second-order valence-corrected chi connectivity index (χ2v) is 3.13. The molecule has 0 aliphatic carbocycles. The number of nitrogens with zero attached hydrogens (tertiary/aromatic N) is 1. The van der Waals surface area contributed by atoms with Crippen LogP contribution in [0.1, 0.15) is 12.5 Å². The molecule has 3 nitrogen and oxygen atoms in total. The fraction of sp³-hybridized carbons (Fsp3) is 0.333. The maximum absolute atomic E-state index is 11.2. The van der Waals surface area contributed by atoms with Crippen molar-refractivity contribution in [2.45, 2.75) is 13.3 Å². The highest BCUT2D eigenvalue weighted by Crippen LogP contribution is 2.23. The molecule has 1 aromatic heterocycles. The SMILES string of the molecule is CC1Cc2ccncc2NC1=O. The van der Waals surface area contributed by atoms with E-state index in [-0.39, 0.29) is 11.8 Å². The topological polar surface area (TPSA) is 42.0 Å². The van der Waals surface area contributed by atoms with Gasteiger partial charge in [0.05, 0.1) is 11.9 Å². The average Bonchev–Trinajstić information content (AvgIpc) is 2.07. The van der Waals surface area contributed by atoms with Gasteiger partial charge in [0.2, 0.25) is 5.91 Å². The van der Waals surface area contributed by atoms with E-state index in [1.807, 2.05) is 13.0 Å². The summed E-state index contributed by atoms with van der Waals surface area (Å²) in [5.41, 5.74) is 2.04. The van der Waals surface area contributed by atoms with Crippen LogP contribution < -0.4 is 5.32 Å². The van der Waals surface area contributed by atoms with Crippen LogP contribution in [0, 0.1) is 5.92 Å². The molecule has 0 spiro atoms. The zero-order valence-corrected chi connectivity index (χ0v) is 6.87. The van der Waals surface area contributed by atoms with Gasteiger partial charge in [-0.25, -0.2) is 0 Å². The number of fused-ring (bicyclic) bond motifs is 1. The van der Waals surface area contributed by atoms with Crippen molar-refractivity contribution in [3.8, 4) is 0 Å². The zero-order valence-electron chi connectivity index (χ0n) is 6.87. The highest BCUT2D eigenvalue weighted by molar-refractivity contribution is 5.95. The molecule has 1 aromatic rings. The summed E-state index contributed by atoms with van der Waals surface area (Å²) in [6.45, 7) is 1.93. The van der Waals surface area contributed by atoms with E-state index in [4.69, 9.17) is 0 Å². The van der Waals surface area contributed by atoms with Crippen LogP contribution in [-0.4, -0.2) is 10.9 Å². The van der Waals surface area contributed by atoms with Gasteiger partial charge in [0.1, 0.15) is 0 Å². The summed E-state index contributed by atoms with van der Waals surface area (Å²) in [6.07, 6.45) is 4.27. The Morgan fingerprint density at radius 3 is 3.33 bits per heavy atom. The highest BCUT2D eigenvalue weighted by atomic mass is 16.1. The summed E-state index contributed by atoms with van der Waals surface area (Å²) >= 11 is 0. The molecule has 2 rings (SSSR count). The van der Waals surface area contributed by atoms with Gasteiger partial charge in [-0.1, -0.05) is 6.92 Å². The molecule has 0 saturated heterocycles. The Morgan fingerprint density at radius 2 is 2.50 bits per heavy atom. The first-order chi connectivity index (χ1) is 5.77. The van der Waals surface area contributed by atoms with E-state index >= 15 is 0 Å². The fourth-order valence-corrected chi connectivity index (χ4v) is 1.39. The summed E-state index contributed by atoms with van der Waals surface area (Å²) in [5.74, 6) is 0.176. The zero-order chi connectivity index (χ0) is 8.55. The third-order valence-corrected chi connectivity index (χ3v) is 2.14. The number of carbonyl (C=O) groups excluding carboxylic acids is 1. The van der Waals surface area contributed by atoms with Crippen molar-refractivity contribution >= 4 is 11.6 Å². The van der Waals surface area contributed by atoms with E-state index in [2.05, 4.69) is 10.3 Å². The third-order valence-electron chi connectivity index (χ3n) is 2.14. The Balaban J connectivity index is 2.40. The standard InChI is InChI=1S/C9H10N2O/c1-6-4-7-2-3-10-5-8(7)11-9(6)12/h2-3,5-6H,4H2,1H3,(H,11,12). The van der Waals surface area contributed by atoms with Crippen LogP contribution in [0.25, 0.3) is 0 Å². The monoisotopic (exact) mass is 162 g/mol. The summed E-state index contributed by atoms with van der Waals surface area (Å²) < 4.78 is 0.